The van der Waals surface area contributed by atoms with Crippen molar-refractivity contribution in [1.82, 2.24) is 20.1 Å². The highest BCUT2D eigenvalue weighted by Crippen LogP contribution is 2.33. The van der Waals surface area contributed by atoms with Crippen molar-refractivity contribution in [3.63, 3.8) is 0 Å². The molecule has 2 fully saturated rings. The Bertz CT molecular complexity index is 1400. The molecule has 9 nitrogen and oxygen atoms in total. The summed E-state index contributed by atoms with van der Waals surface area (Å²) in [5.41, 5.74) is 1.53. The number of hydrogen-bond donors (Lipinski definition) is 1. The van der Waals surface area contributed by atoms with Crippen LogP contribution >= 0.6 is 0 Å². The third kappa shape index (κ3) is 5.05. The highest BCUT2D eigenvalue weighted by atomic mass is 32.2. The van der Waals surface area contributed by atoms with Gasteiger partial charge >= 0.3 is 6.61 Å². The maximum atomic E-state index is 13.1. The van der Waals surface area contributed by atoms with Crippen LogP contribution in [0.4, 0.5) is 8.78 Å². The van der Waals surface area contributed by atoms with E-state index in [1.54, 1.807) is 29.8 Å². The van der Waals surface area contributed by atoms with Crippen LogP contribution in [-0.2, 0) is 14.6 Å². The number of rotatable bonds is 6. The van der Waals surface area contributed by atoms with Gasteiger partial charge in [-0.1, -0.05) is 12.1 Å². The van der Waals surface area contributed by atoms with E-state index in [2.05, 4.69) is 15.0 Å². The molecule has 1 amide bonds. The quantitative estimate of drug-likeness (QED) is 0.530. The number of carbonyl (C=O) groups excluding carboxylic acids is 1. The van der Waals surface area contributed by atoms with Crippen LogP contribution in [0.2, 0.25) is 0 Å². The van der Waals surface area contributed by atoms with Crippen LogP contribution in [-0.4, -0.2) is 66.0 Å². The molecule has 2 aromatic heterocycles. The van der Waals surface area contributed by atoms with Crippen LogP contribution in [0.3, 0.4) is 0 Å². The first-order valence-corrected chi connectivity index (χ1v) is 13.5. The fourth-order valence-corrected chi connectivity index (χ4v) is 6.90. The Hall–Kier alpha value is -3.12. The minimum absolute atomic E-state index is 0.00181. The van der Waals surface area contributed by atoms with Crippen molar-refractivity contribution in [2.24, 2.45) is 0 Å². The fraction of sp³-hybridized carbons (Fsp3) is 0.458. The summed E-state index contributed by atoms with van der Waals surface area (Å²) in [5.74, 6) is -0.500. The molecular formula is C24H26F2N4O5S. The molecule has 2 saturated heterocycles. The predicted octanol–water partition coefficient (Wildman–Crippen LogP) is 3.36. The van der Waals surface area contributed by atoms with Crippen LogP contribution in [0.1, 0.15) is 42.6 Å². The van der Waals surface area contributed by atoms with Gasteiger partial charge in [0.1, 0.15) is 17.0 Å². The lowest BCUT2D eigenvalue weighted by atomic mass is 10.0. The monoisotopic (exact) mass is 520 g/mol. The first-order valence-electron chi connectivity index (χ1n) is 11.7. The summed E-state index contributed by atoms with van der Waals surface area (Å²) >= 11 is 0. The van der Waals surface area contributed by atoms with Gasteiger partial charge in [0, 0.05) is 18.4 Å². The van der Waals surface area contributed by atoms with Crippen LogP contribution in [0.5, 0.6) is 5.75 Å². The van der Waals surface area contributed by atoms with Crippen molar-refractivity contribution < 1.29 is 31.5 Å². The average molecular weight is 521 g/mol. The van der Waals surface area contributed by atoms with E-state index in [9.17, 15) is 22.0 Å². The van der Waals surface area contributed by atoms with Gasteiger partial charge in [-0.2, -0.15) is 13.9 Å². The molecule has 2 atom stereocenters. The van der Waals surface area contributed by atoms with Gasteiger partial charge in [0.15, 0.2) is 9.84 Å². The van der Waals surface area contributed by atoms with E-state index in [4.69, 9.17) is 9.84 Å². The minimum Gasteiger partial charge on any atom is -0.435 e. The van der Waals surface area contributed by atoms with E-state index in [0.717, 1.165) is 12.8 Å². The van der Waals surface area contributed by atoms with E-state index in [0.29, 0.717) is 41.9 Å². The Kier molecular flexibility index (Phi) is 6.41. The number of fused-ring (bicyclic) bond motifs is 1. The number of halogens is 2. The largest absolute Gasteiger partial charge is 0.435 e. The molecule has 12 heteroatoms. The van der Waals surface area contributed by atoms with Crippen LogP contribution in [0.15, 0.2) is 36.5 Å². The number of sulfone groups is 1. The minimum atomic E-state index is -3.19. The molecule has 0 bridgehead atoms. The molecule has 0 radical (unpaired) electrons. The highest BCUT2D eigenvalue weighted by molar-refractivity contribution is 7.91. The first kappa shape index (κ1) is 24.6. The Labute approximate surface area is 206 Å². The lowest BCUT2D eigenvalue weighted by molar-refractivity contribution is -0.0498. The number of nitrogens with zero attached hydrogens (tertiary/aromatic N) is 3. The molecule has 5 rings (SSSR count). The summed E-state index contributed by atoms with van der Waals surface area (Å²) < 4.78 is 61.3. The van der Waals surface area contributed by atoms with Crippen LogP contribution in [0, 0.1) is 0 Å². The number of ether oxygens (including phenoxy) is 2. The number of carbonyl (C=O) groups is 1. The molecule has 2 unspecified atom stereocenters. The van der Waals surface area contributed by atoms with Crippen LogP contribution < -0.4 is 10.1 Å². The zero-order valence-corrected chi connectivity index (χ0v) is 20.4. The lowest BCUT2D eigenvalue weighted by Gasteiger charge is -2.24. The molecular weight excluding hydrogens is 494 g/mol. The van der Waals surface area contributed by atoms with Crippen LogP contribution in [0.25, 0.3) is 22.3 Å². The second-order valence-corrected chi connectivity index (χ2v) is 11.7. The van der Waals surface area contributed by atoms with Crippen molar-refractivity contribution >= 4 is 26.8 Å². The van der Waals surface area contributed by atoms with Gasteiger partial charge < -0.3 is 14.8 Å². The molecule has 36 heavy (non-hydrogen) atoms. The summed E-state index contributed by atoms with van der Waals surface area (Å²) in [6.45, 7) is -0.137. The van der Waals surface area contributed by atoms with Gasteiger partial charge in [-0.05, 0) is 44.4 Å². The number of hydrogen-bond acceptors (Lipinski definition) is 7. The maximum Gasteiger partial charge on any atom is 0.387 e. The van der Waals surface area contributed by atoms with Gasteiger partial charge in [0.2, 0.25) is 0 Å². The summed E-state index contributed by atoms with van der Waals surface area (Å²) in [5, 5.41) is 7.61. The molecule has 1 N–H and O–H groups in total. The molecule has 0 aliphatic carbocycles. The summed E-state index contributed by atoms with van der Waals surface area (Å²) in [6.07, 6.45) is 3.42. The second kappa shape index (κ2) is 9.40. The highest BCUT2D eigenvalue weighted by Gasteiger charge is 2.39. The summed E-state index contributed by atoms with van der Waals surface area (Å²) in [6, 6.07) is 7.82. The normalized spacial score (nSPS) is 23.7. The van der Waals surface area contributed by atoms with E-state index in [-0.39, 0.29) is 28.9 Å². The van der Waals surface area contributed by atoms with Crippen molar-refractivity contribution in [2.45, 2.75) is 44.4 Å². The molecule has 0 spiro atoms. The zero-order chi connectivity index (χ0) is 25.5. The standard InChI is InChI=1S/C24H26F2N4O5S/c1-24(7-9-36(32,33)14-24)28-22(31)16-11-19-21(27-12-16)20(29-30(19)17-5-3-8-34-13-17)15-4-2-6-18(10-15)35-23(25)26/h2,4,6,10-12,17,23H,3,5,7-9,13-14H2,1H3,(H,28,31). The Morgan fingerprint density at radius 2 is 2.17 bits per heavy atom. The van der Waals surface area contributed by atoms with Gasteiger partial charge in [0.05, 0.1) is 40.8 Å². The van der Waals surface area contributed by atoms with Crippen molar-refractivity contribution in [2.75, 3.05) is 24.7 Å². The SMILES string of the molecule is CC1(NC(=O)c2cnc3c(-c4cccc(OC(F)F)c4)nn(C4CCCOC4)c3c2)CCS(=O)(=O)C1. The van der Waals surface area contributed by atoms with Gasteiger partial charge in [-0.25, -0.2) is 8.42 Å². The van der Waals surface area contributed by atoms with E-state index < -0.39 is 27.9 Å². The fourth-order valence-electron chi connectivity index (χ4n) is 4.81. The molecule has 0 saturated carbocycles. The smallest absolute Gasteiger partial charge is 0.387 e. The molecule has 2 aliphatic rings. The van der Waals surface area contributed by atoms with Crippen molar-refractivity contribution in [1.29, 1.82) is 0 Å². The number of aromatic nitrogens is 3. The second-order valence-electron chi connectivity index (χ2n) is 9.52. The number of benzene rings is 1. The topological polar surface area (TPSA) is 112 Å². The number of alkyl halides is 2. The summed E-state index contributed by atoms with van der Waals surface area (Å²) in [4.78, 5) is 17.6. The van der Waals surface area contributed by atoms with E-state index in [1.165, 1.54) is 18.3 Å². The number of pyridine rings is 1. The number of amides is 1. The molecule has 2 aliphatic heterocycles. The zero-order valence-electron chi connectivity index (χ0n) is 19.6. The Balaban J connectivity index is 1.54. The van der Waals surface area contributed by atoms with Crippen molar-refractivity contribution in [3.05, 3.63) is 42.1 Å². The van der Waals surface area contributed by atoms with Crippen molar-refractivity contribution in [3.8, 4) is 17.0 Å². The van der Waals surface area contributed by atoms with Gasteiger partial charge in [-0.15, -0.1) is 0 Å². The van der Waals surface area contributed by atoms with Gasteiger partial charge in [0.25, 0.3) is 5.91 Å². The van der Waals surface area contributed by atoms with E-state index in [1.807, 2.05) is 0 Å². The Morgan fingerprint density at radius 3 is 2.86 bits per heavy atom. The van der Waals surface area contributed by atoms with Gasteiger partial charge in [-0.3, -0.25) is 14.5 Å². The molecule has 192 valence electrons. The first-order chi connectivity index (χ1) is 17.1. The van der Waals surface area contributed by atoms with E-state index >= 15 is 0 Å². The third-order valence-corrected chi connectivity index (χ3v) is 8.45. The molecule has 3 aromatic rings. The molecule has 4 heterocycles. The third-order valence-electron chi connectivity index (χ3n) is 6.54. The lowest BCUT2D eigenvalue weighted by Crippen LogP contribution is -2.46. The molecule has 1 aromatic carbocycles. The number of nitrogens with one attached hydrogen (secondary N) is 1. The average Bonchev–Trinajstić information content (AvgIpc) is 3.35. The maximum absolute atomic E-state index is 13.1. The predicted molar refractivity (Wildman–Crippen MR) is 128 cm³/mol. The Morgan fingerprint density at radius 1 is 1.33 bits per heavy atom. The summed E-state index contributed by atoms with van der Waals surface area (Å²) in [7, 11) is -3.19.